The van der Waals surface area contributed by atoms with E-state index in [9.17, 15) is 0 Å². The number of nitrogens with one attached hydrogen (secondary N) is 2. The molecule has 0 radical (unpaired) electrons. The van der Waals surface area contributed by atoms with E-state index in [-0.39, 0.29) is 30.1 Å². The van der Waals surface area contributed by atoms with Crippen molar-refractivity contribution in [3.63, 3.8) is 0 Å². The molecule has 0 bridgehead atoms. The summed E-state index contributed by atoms with van der Waals surface area (Å²) < 4.78 is 11.1. The predicted octanol–water partition coefficient (Wildman–Crippen LogP) is 4.14. The number of aryl methyl sites for hydroxylation is 1. The van der Waals surface area contributed by atoms with Crippen molar-refractivity contribution >= 4 is 29.9 Å². The molecule has 0 saturated carbocycles. The van der Waals surface area contributed by atoms with Crippen molar-refractivity contribution in [2.24, 2.45) is 4.99 Å². The Labute approximate surface area is 191 Å². The van der Waals surface area contributed by atoms with E-state index < -0.39 is 0 Å². The van der Waals surface area contributed by atoms with E-state index in [1.165, 1.54) is 22.3 Å². The van der Waals surface area contributed by atoms with Crippen molar-refractivity contribution in [3.05, 3.63) is 59.7 Å². The summed E-state index contributed by atoms with van der Waals surface area (Å²) in [6.07, 6.45) is 2.23. The monoisotopic (exact) mass is 509 g/mol. The van der Waals surface area contributed by atoms with Gasteiger partial charge in [0, 0.05) is 33.4 Å². The highest BCUT2D eigenvalue weighted by Crippen LogP contribution is 2.21. The molecule has 1 fully saturated rings. The number of ether oxygens (including phenoxy) is 2. The van der Waals surface area contributed by atoms with Gasteiger partial charge in [0.2, 0.25) is 0 Å². The van der Waals surface area contributed by atoms with Gasteiger partial charge in [0.25, 0.3) is 0 Å². The number of guanidine groups is 1. The smallest absolute Gasteiger partial charge is 0.191 e. The Balaban J connectivity index is 0.00000300. The molecular formula is C23H32IN3O2. The highest BCUT2D eigenvalue weighted by molar-refractivity contribution is 14.0. The van der Waals surface area contributed by atoms with E-state index >= 15 is 0 Å². The molecule has 2 N–H and O–H groups in total. The number of benzene rings is 2. The Kier molecular flexibility index (Phi) is 10.5. The second-order valence-corrected chi connectivity index (χ2v) is 7.13. The summed E-state index contributed by atoms with van der Waals surface area (Å²) in [5.74, 6) is 0.810. The van der Waals surface area contributed by atoms with Crippen LogP contribution < -0.4 is 10.6 Å². The number of aliphatic imine (C=N–C) groups is 1. The summed E-state index contributed by atoms with van der Waals surface area (Å²) in [5.41, 5.74) is 4.98. The molecule has 1 aliphatic heterocycles. The summed E-state index contributed by atoms with van der Waals surface area (Å²) in [6, 6.07) is 17.2. The van der Waals surface area contributed by atoms with Crippen LogP contribution >= 0.6 is 24.0 Å². The van der Waals surface area contributed by atoms with Crippen LogP contribution in [-0.2, 0) is 16.0 Å². The molecule has 5 nitrogen and oxygen atoms in total. The molecule has 0 amide bonds. The number of nitrogens with zero attached hydrogens (tertiary/aromatic N) is 1. The van der Waals surface area contributed by atoms with Crippen molar-refractivity contribution in [1.82, 2.24) is 10.6 Å². The van der Waals surface area contributed by atoms with Crippen LogP contribution in [0.3, 0.4) is 0 Å². The first-order chi connectivity index (χ1) is 13.7. The van der Waals surface area contributed by atoms with Gasteiger partial charge in [-0.25, -0.2) is 0 Å². The van der Waals surface area contributed by atoms with Gasteiger partial charge in [0.05, 0.1) is 12.7 Å². The number of halogens is 1. The molecule has 0 spiro atoms. The minimum absolute atomic E-state index is 0. The van der Waals surface area contributed by atoms with Gasteiger partial charge in [-0.1, -0.05) is 48.0 Å². The Morgan fingerprint density at radius 1 is 1.14 bits per heavy atom. The maximum atomic E-state index is 5.79. The summed E-state index contributed by atoms with van der Waals surface area (Å²) in [7, 11) is 1.80. The average Bonchev–Trinajstić information content (AvgIpc) is 3.24. The first-order valence-electron chi connectivity index (χ1n) is 10.0. The number of rotatable bonds is 8. The number of hydrogen-bond donors (Lipinski definition) is 2. The van der Waals surface area contributed by atoms with Crippen LogP contribution in [0.5, 0.6) is 0 Å². The van der Waals surface area contributed by atoms with Crippen molar-refractivity contribution in [3.8, 4) is 11.1 Å². The maximum Gasteiger partial charge on any atom is 0.191 e. The largest absolute Gasteiger partial charge is 0.379 e. The lowest BCUT2D eigenvalue weighted by molar-refractivity contribution is 0.0420. The summed E-state index contributed by atoms with van der Waals surface area (Å²) >= 11 is 0. The topological polar surface area (TPSA) is 54.9 Å². The van der Waals surface area contributed by atoms with Crippen molar-refractivity contribution in [2.75, 3.05) is 33.4 Å². The van der Waals surface area contributed by atoms with Crippen molar-refractivity contribution < 1.29 is 9.47 Å². The third-order valence-electron chi connectivity index (χ3n) is 4.82. The molecule has 0 aromatic heterocycles. The second kappa shape index (κ2) is 12.8. The fourth-order valence-corrected chi connectivity index (χ4v) is 3.27. The SMILES string of the molecule is CN=C(NCCCOC1CCOC1)NCc1cccc(-c2cccc(C)c2)c1.I. The minimum atomic E-state index is 0. The van der Waals surface area contributed by atoms with Crippen molar-refractivity contribution in [1.29, 1.82) is 0 Å². The van der Waals surface area contributed by atoms with Crippen LogP contribution in [-0.4, -0.2) is 45.5 Å². The van der Waals surface area contributed by atoms with Gasteiger partial charge in [-0.2, -0.15) is 0 Å². The van der Waals surface area contributed by atoms with E-state index in [0.717, 1.165) is 51.7 Å². The quantitative estimate of drug-likeness (QED) is 0.243. The van der Waals surface area contributed by atoms with Gasteiger partial charge in [-0.3, -0.25) is 4.99 Å². The molecule has 3 rings (SSSR count). The molecule has 2 aromatic rings. The molecule has 29 heavy (non-hydrogen) atoms. The Bertz CT molecular complexity index is 776. The van der Waals surface area contributed by atoms with E-state index in [4.69, 9.17) is 9.47 Å². The van der Waals surface area contributed by atoms with Crippen LogP contribution in [0.2, 0.25) is 0 Å². The highest BCUT2D eigenvalue weighted by atomic mass is 127. The van der Waals surface area contributed by atoms with Gasteiger partial charge in [0.1, 0.15) is 0 Å². The van der Waals surface area contributed by atoms with Crippen LogP contribution in [0.1, 0.15) is 24.0 Å². The molecule has 1 aliphatic rings. The van der Waals surface area contributed by atoms with Gasteiger partial charge < -0.3 is 20.1 Å². The molecule has 1 saturated heterocycles. The van der Waals surface area contributed by atoms with Crippen LogP contribution in [0.4, 0.5) is 0 Å². The zero-order valence-corrected chi connectivity index (χ0v) is 19.6. The van der Waals surface area contributed by atoms with Gasteiger partial charge >= 0.3 is 0 Å². The fraction of sp³-hybridized carbons (Fsp3) is 0.435. The first kappa shape index (κ1) is 23.6. The Morgan fingerprint density at radius 2 is 1.93 bits per heavy atom. The zero-order chi connectivity index (χ0) is 19.6. The molecule has 1 atom stereocenters. The van der Waals surface area contributed by atoms with Crippen LogP contribution in [0, 0.1) is 6.92 Å². The van der Waals surface area contributed by atoms with Gasteiger partial charge in [-0.15, -0.1) is 24.0 Å². The first-order valence-corrected chi connectivity index (χ1v) is 10.0. The molecule has 158 valence electrons. The molecule has 1 heterocycles. The normalized spacial score (nSPS) is 16.3. The summed E-state index contributed by atoms with van der Waals surface area (Å²) in [4.78, 5) is 4.30. The highest BCUT2D eigenvalue weighted by Gasteiger charge is 2.15. The maximum absolute atomic E-state index is 5.79. The van der Waals surface area contributed by atoms with Gasteiger partial charge in [-0.05, 0) is 42.5 Å². The lowest BCUT2D eigenvalue weighted by Gasteiger charge is -2.14. The lowest BCUT2D eigenvalue weighted by atomic mass is 10.0. The van der Waals surface area contributed by atoms with E-state index in [0.29, 0.717) is 0 Å². The average molecular weight is 509 g/mol. The molecule has 0 aliphatic carbocycles. The molecule has 2 aromatic carbocycles. The summed E-state index contributed by atoms with van der Waals surface area (Å²) in [6.45, 7) is 5.99. The number of hydrogen-bond acceptors (Lipinski definition) is 3. The fourth-order valence-electron chi connectivity index (χ4n) is 3.27. The zero-order valence-electron chi connectivity index (χ0n) is 17.3. The second-order valence-electron chi connectivity index (χ2n) is 7.13. The predicted molar refractivity (Wildman–Crippen MR) is 130 cm³/mol. The van der Waals surface area contributed by atoms with E-state index in [2.05, 4.69) is 71.1 Å². The molecule has 6 heteroatoms. The minimum Gasteiger partial charge on any atom is -0.379 e. The lowest BCUT2D eigenvalue weighted by Crippen LogP contribution is -2.37. The van der Waals surface area contributed by atoms with E-state index in [1.54, 1.807) is 7.05 Å². The Morgan fingerprint density at radius 3 is 2.66 bits per heavy atom. The third-order valence-corrected chi connectivity index (χ3v) is 4.82. The van der Waals surface area contributed by atoms with Crippen LogP contribution in [0.25, 0.3) is 11.1 Å². The van der Waals surface area contributed by atoms with E-state index in [1.807, 2.05) is 0 Å². The molecule has 1 unspecified atom stereocenters. The van der Waals surface area contributed by atoms with Crippen molar-refractivity contribution in [2.45, 2.75) is 32.4 Å². The molecular weight excluding hydrogens is 477 g/mol. The van der Waals surface area contributed by atoms with Crippen LogP contribution in [0.15, 0.2) is 53.5 Å². The van der Waals surface area contributed by atoms with Gasteiger partial charge in [0.15, 0.2) is 5.96 Å². The third kappa shape index (κ3) is 7.95. The Hall–Kier alpha value is -1.64. The standard InChI is InChI=1S/C23H31N3O2.HI/c1-18-6-3-8-20(14-18)21-9-4-7-19(15-21)16-26-23(24-2)25-11-5-12-28-22-10-13-27-17-22;/h3-4,6-9,14-15,22H,5,10-13,16-17H2,1-2H3,(H2,24,25,26);1H. The summed E-state index contributed by atoms with van der Waals surface area (Å²) in [5, 5.41) is 6.73.